The van der Waals surface area contributed by atoms with Crippen LogP contribution in [0.4, 0.5) is 5.82 Å². The molecule has 19 heteroatoms. The fourth-order valence-electron chi connectivity index (χ4n) is 4.88. The van der Waals surface area contributed by atoms with Crippen molar-refractivity contribution >= 4 is 35.8 Å². The van der Waals surface area contributed by atoms with E-state index in [0.29, 0.717) is 11.0 Å². The molecule has 4 aromatic heterocycles. The Morgan fingerprint density at radius 3 is 2.75 bits per heavy atom. The Labute approximate surface area is 223 Å². The van der Waals surface area contributed by atoms with Gasteiger partial charge in [0.2, 0.25) is 0 Å². The number of phosphoric ester groups is 1. The van der Waals surface area contributed by atoms with E-state index in [1.54, 1.807) is 12.3 Å². The second-order valence-electron chi connectivity index (χ2n) is 9.30. The summed E-state index contributed by atoms with van der Waals surface area (Å²) < 4.78 is 37.8. The molecule has 8 atom stereocenters. The number of H-pyrrole nitrogens is 1. The first kappa shape index (κ1) is 26.9. The van der Waals surface area contributed by atoms with Crippen LogP contribution in [0.15, 0.2) is 36.0 Å². The van der Waals surface area contributed by atoms with Crippen molar-refractivity contribution in [2.45, 2.75) is 49.4 Å². The predicted octanol–water partition coefficient (Wildman–Crippen LogP) is -1.45. The van der Waals surface area contributed by atoms with Gasteiger partial charge in [0, 0.05) is 12.6 Å². The van der Waals surface area contributed by atoms with Crippen molar-refractivity contribution in [3.8, 4) is 0 Å². The highest BCUT2D eigenvalue weighted by atomic mass is 31.2. The van der Waals surface area contributed by atoms with Crippen LogP contribution in [-0.2, 0) is 23.1 Å². The molecule has 214 valence electrons. The molecule has 0 aliphatic carbocycles. The van der Waals surface area contributed by atoms with Crippen LogP contribution in [0, 0.1) is 0 Å². The maximum Gasteiger partial charge on any atom is 0.472 e. The third-order valence-electron chi connectivity index (χ3n) is 6.81. The Kier molecular flexibility index (Phi) is 6.89. The summed E-state index contributed by atoms with van der Waals surface area (Å²) in [4.78, 5) is 41.1. The molecule has 4 aromatic rings. The lowest BCUT2D eigenvalue weighted by atomic mass is 10.1. The van der Waals surface area contributed by atoms with Crippen molar-refractivity contribution < 1.29 is 43.3 Å². The van der Waals surface area contributed by atoms with E-state index in [1.807, 2.05) is 0 Å². The number of aliphatic hydroxyl groups is 3. The van der Waals surface area contributed by atoms with Gasteiger partial charge in [-0.15, -0.1) is 0 Å². The maximum atomic E-state index is 12.9. The second kappa shape index (κ2) is 10.3. The molecule has 6 rings (SSSR count). The fraction of sp³-hybridized carbons (Fsp3) is 0.476. The monoisotopic (exact) mass is 580 g/mol. The number of imidazole rings is 1. The number of nitrogens with one attached hydrogen (secondary N) is 1. The molecule has 0 spiro atoms. The number of rotatable bonds is 8. The van der Waals surface area contributed by atoms with Crippen LogP contribution >= 0.6 is 7.82 Å². The number of hydrogen-bond acceptors (Lipinski definition) is 14. The number of fused-ring (bicyclic) bond motifs is 2. The minimum absolute atomic E-state index is 0.00692. The molecule has 0 amide bonds. The molecule has 6 heterocycles. The first-order valence-corrected chi connectivity index (χ1v) is 13.6. The number of aromatic amines is 1. The van der Waals surface area contributed by atoms with E-state index in [2.05, 4.69) is 24.9 Å². The summed E-state index contributed by atoms with van der Waals surface area (Å²) >= 11 is 0. The number of ether oxygens (including phenoxy) is 2. The summed E-state index contributed by atoms with van der Waals surface area (Å²) in [5, 5.41) is 31.3. The zero-order chi connectivity index (χ0) is 28.2. The Morgan fingerprint density at radius 2 is 1.95 bits per heavy atom. The Balaban J connectivity index is 1.16. The lowest BCUT2D eigenvalue weighted by Crippen LogP contribution is -2.33. The Hall–Kier alpha value is -3.32. The molecular formula is C21H25N8O10P. The van der Waals surface area contributed by atoms with Crippen LogP contribution in [0.2, 0.25) is 0 Å². The molecule has 2 aliphatic heterocycles. The van der Waals surface area contributed by atoms with E-state index in [9.17, 15) is 29.6 Å². The van der Waals surface area contributed by atoms with Crippen LogP contribution in [0.25, 0.3) is 22.2 Å². The van der Waals surface area contributed by atoms with Gasteiger partial charge in [-0.3, -0.25) is 18.4 Å². The van der Waals surface area contributed by atoms with Crippen molar-refractivity contribution in [2.24, 2.45) is 0 Å². The van der Waals surface area contributed by atoms with Crippen molar-refractivity contribution in [3.63, 3.8) is 0 Å². The number of aliphatic hydroxyl groups excluding tert-OH is 3. The zero-order valence-electron chi connectivity index (χ0n) is 20.5. The number of phosphoric acid groups is 1. The summed E-state index contributed by atoms with van der Waals surface area (Å²) in [6, 6.07) is 1.63. The van der Waals surface area contributed by atoms with Crippen molar-refractivity contribution in [1.29, 1.82) is 0 Å². The first-order chi connectivity index (χ1) is 19.2. The molecule has 0 saturated carbocycles. The highest BCUT2D eigenvalue weighted by molar-refractivity contribution is 7.47. The standard InChI is InChI=1S/C21H25N8O10P/c22-16-10-1-2-28(17(10)24-6-23-16)21-15(32)14(31)12(38-21)5-36-40(34,35)39-11-3-9(4-30)37-20(11)29-8-27-13-18(29)25-7-26-19(13)33/h1-2,6-9,11-12,14-15,20-21,30-32H,3-5H2,(H,34,35)(H2,22,23,24)(H,25,26,33)/t9?,11-,12?,14-,15-,20-,21-/m1/s1. The third kappa shape index (κ3) is 4.68. The van der Waals surface area contributed by atoms with Gasteiger partial charge in [-0.05, 0) is 6.07 Å². The predicted molar refractivity (Wildman–Crippen MR) is 132 cm³/mol. The van der Waals surface area contributed by atoms with Gasteiger partial charge in [0.1, 0.15) is 42.2 Å². The summed E-state index contributed by atoms with van der Waals surface area (Å²) in [5.74, 6) is 0.221. The maximum absolute atomic E-state index is 12.9. The Bertz CT molecular complexity index is 1640. The SMILES string of the molecule is Nc1ncnc2c1ccn2[C@@H]1OC(COP(=O)(O)O[C@@H]2CC(CO)O[C@H]2n2cnc3c(=O)[nH]cnc32)[C@@H](O)[C@H]1O. The minimum atomic E-state index is -4.81. The summed E-state index contributed by atoms with van der Waals surface area (Å²) in [5.41, 5.74) is 5.88. The van der Waals surface area contributed by atoms with E-state index in [0.717, 1.165) is 0 Å². The van der Waals surface area contributed by atoms with Gasteiger partial charge in [-0.1, -0.05) is 0 Å². The van der Waals surface area contributed by atoms with E-state index < -0.39 is 69.6 Å². The third-order valence-corrected chi connectivity index (χ3v) is 7.82. The van der Waals surface area contributed by atoms with E-state index in [1.165, 1.54) is 28.1 Å². The molecular weight excluding hydrogens is 555 g/mol. The van der Waals surface area contributed by atoms with Gasteiger partial charge >= 0.3 is 7.82 Å². The number of anilines is 1. The van der Waals surface area contributed by atoms with Gasteiger partial charge in [0.15, 0.2) is 23.6 Å². The Morgan fingerprint density at radius 1 is 1.12 bits per heavy atom. The molecule has 0 radical (unpaired) electrons. The zero-order valence-corrected chi connectivity index (χ0v) is 21.4. The molecule has 0 aromatic carbocycles. The number of nitrogen functional groups attached to an aromatic ring is 1. The highest BCUT2D eigenvalue weighted by Crippen LogP contribution is 2.50. The fourth-order valence-corrected chi connectivity index (χ4v) is 5.81. The average Bonchev–Trinajstić information content (AvgIpc) is 3.69. The quantitative estimate of drug-likeness (QED) is 0.130. The molecule has 40 heavy (non-hydrogen) atoms. The molecule has 2 fully saturated rings. The molecule has 0 bridgehead atoms. The summed E-state index contributed by atoms with van der Waals surface area (Å²) in [6.45, 7) is -1.02. The average molecular weight is 580 g/mol. The number of nitrogens with two attached hydrogens (primary N) is 1. The number of nitrogens with zero attached hydrogens (tertiary/aromatic N) is 6. The normalized spacial score (nSPS) is 30.4. The lowest BCUT2D eigenvalue weighted by Gasteiger charge is -2.23. The van der Waals surface area contributed by atoms with Gasteiger partial charge in [-0.25, -0.2) is 24.5 Å². The molecule has 3 unspecified atom stereocenters. The highest BCUT2D eigenvalue weighted by Gasteiger charge is 2.47. The lowest BCUT2D eigenvalue weighted by molar-refractivity contribution is -0.0614. The number of hydrogen-bond donors (Lipinski definition) is 6. The van der Waals surface area contributed by atoms with Gasteiger partial charge < -0.3 is 45.0 Å². The summed E-state index contributed by atoms with van der Waals surface area (Å²) in [6.07, 6.45) is -2.92. The van der Waals surface area contributed by atoms with E-state index >= 15 is 0 Å². The molecule has 18 nitrogen and oxygen atoms in total. The van der Waals surface area contributed by atoms with E-state index in [-0.39, 0.29) is 23.4 Å². The van der Waals surface area contributed by atoms with Crippen molar-refractivity contribution in [2.75, 3.05) is 18.9 Å². The van der Waals surface area contributed by atoms with Crippen LogP contribution in [0.1, 0.15) is 18.9 Å². The van der Waals surface area contributed by atoms with E-state index in [4.69, 9.17) is 24.3 Å². The van der Waals surface area contributed by atoms with Crippen LogP contribution in [0.5, 0.6) is 0 Å². The largest absolute Gasteiger partial charge is 0.472 e. The van der Waals surface area contributed by atoms with Gasteiger partial charge in [0.05, 0.1) is 37.4 Å². The second-order valence-corrected chi connectivity index (χ2v) is 10.7. The van der Waals surface area contributed by atoms with Crippen LogP contribution in [0.3, 0.4) is 0 Å². The minimum Gasteiger partial charge on any atom is -0.394 e. The van der Waals surface area contributed by atoms with Crippen LogP contribution < -0.4 is 11.3 Å². The van der Waals surface area contributed by atoms with Crippen molar-refractivity contribution in [1.82, 2.24) is 34.1 Å². The molecule has 7 N–H and O–H groups in total. The summed E-state index contributed by atoms with van der Waals surface area (Å²) in [7, 11) is -4.81. The first-order valence-electron chi connectivity index (χ1n) is 12.1. The van der Waals surface area contributed by atoms with Gasteiger partial charge in [0.25, 0.3) is 5.56 Å². The number of aromatic nitrogens is 7. The molecule has 2 aliphatic rings. The van der Waals surface area contributed by atoms with Crippen LogP contribution in [-0.4, -0.2) is 98.0 Å². The van der Waals surface area contributed by atoms with Crippen molar-refractivity contribution in [3.05, 3.63) is 41.6 Å². The molecule has 2 saturated heterocycles. The smallest absolute Gasteiger partial charge is 0.394 e. The topological polar surface area (TPSA) is 255 Å². The van der Waals surface area contributed by atoms with Gasteiger partial charge in [-0.2, -0.15) is 0 Å².